The number of rotatable bonds is 3. The van der Waals surface area contributed by atoms with Gasteiger partial charge in [0.05, 0.1) is 11.3 Å². The van der Waals surface area contributed by atoms with Crippen molar-refractivity contribution in [2.24, 2.45) is 4.99 Å². The van der Waals surface area contributed by atoms with Crippen LogP contribution in [0.4, 0.5) is 0 Å². The van der Waals surface area contributed by atoms with Crippen molar-refractivity contribution in [2.45, 2.75) is 34.2 Å². The second kappa shape index (κ2) is 7.88. The van der Waals surface area contributed by atoms with Gasteiger partial charge in [-0.25, -0.2) is 0 Å². The van der Waals surface area contributed by atoms with Gasteiger partial charge in [-0.2, -0.15) is 4.99 Å². The van der Waals surface area contributed by atoms with E-state index < -0.39 is 0 Å². The van der Waals surface area contributed by atoms with Crippen molar-refractivity contribution in [2.75, 3.05) is 0 Å². The third kappa shape index (κ3) is 3.69. The van der Waals surface area contributed by atoms with Gasteiger partial charge in [-0.15, -0.1) is 11.3 Å². The van der Waals surface area contributed by atoms with Crippen molar-refractivity contribution in [1.82, 2.24) is 4.57 Å². The smallest absolute Gasteiger partial charge is 0.280 e. The molecule has 0 radical (unpaired) electrons. The SMILES string of the molecule is CCn1c(-c2ccc(C)c(C)c2)c(C)sc1=NC(=O)c1ccccc1I. The van der Waals surface area contributed by atoms with E-state index in [1.807, 2.05) is 24.3 Å². The summed E-state index contributed by atoms with van der Waals surface area (Å²) in [7, 11) is 0. The zero-order valence-corrected chi connectivity index (χ0v) is 18.3. The highest BCUT2D eigenvalue weighted by molar-refractivity contribution is 14.1. The van der Waals surface area contributed by atoms with E-state index in [-0.39, 0.29) is 5.91 Å². The topological polar surface area (TPSA) is 34.4 Å². The molecule has 3 rings (SSSR count). The molecule has 0 saturated carbocycles. The average molecular weight is 476 g/mol. The third-order valence-corrected chi connectivity index (χ3v) is 6.41. The molecule has 0 aliphatic carbocycles. The number of amides is 1. The fourth-order valence-corrected chi connectivity index (χ4v) is 4.61. The summed E-state index contributed by atoms with van der Waals surface area (Å²) in [5.41, 5.74) is 5.52. The molecule has 0 bridgehead atoms. The highest BCUT2D eigenvalue weighted by Crippen LogP contribution is 2.27. The summed E-state index contributed by atoms with van der Waals surface area (Å²) in [6.45, 7) is 9.20. The zero-order valence-electron chi connectivity index (χ0n) is 15.3. The van der Waals surface area contributed by atoms with Crippen molar-refractivity contribution in [3.05, 3.63) is 72.4 Å². The molecule has 134 valence electrons. The maximum Gasteiger partial charge on any atom is 0.280 e. The van der Waals surface area contributed by atoms with Gasteiger partial charge in [0.25, 0.3) is 5.91 Å². The standard InChI is InChI=1S/C21H21IN2OS/c1-5-24-19(16-11-10-13(2)14(3)12-16)15(4)26-21(24)23-20(25)17-8-6-7-9-18(17)22/h6-12H,5H2,1-4H3. The monoisotopic (exact) mass is 476 g/mol. The molecule has 0 saturated heterocycles. The Bertz CT molecular complexity index is 1050. The van der Waals surface area contributed by atoms with Crippen LogP contribution in [0, 0.1) is 24.3 Å². The molecule has 3 aromatic rings. The molecule has 1 heterocycles. The molecule has 0 aliphatic rings. The maximum absolute atomic E-state index is 12.7. The molecule has 5 heteroatoms. The van der Waals surface area contributed by atoms with Gasteiger partial charge < -0.3 is 4.57 Å². The van der Waals surface area contributed by atoms with E-state index in [2.05, 4.69) is 78.0 Å². The van der Waals surface area contributed by atoms with Crippen LogP contribution in [0.15, 0.2) is 47.5 Å². The van der Waals surface area contributed by atoms with Crippen LogP contribution in [0.3, 0.4) is 0 Å². The zero-order chi connectivity index (χ0) is 18.8. The Kier molecular flexibility index (Phi) is 5.77. The van der Waals surface area contributed by atoms with Crippen LogP contribution < -0.4 is 4.80 Å². The molecule has 2 aromatic carbocycles. The Morgan fingerprint density at radius 1 is 1.12 bits per heavy atom. The van der Waals surface area contributed by atoms with Gasteiger partial charge in [0.2, 0.25) is 0 Å². The number of hydrogen-bond acceptors (Lipinski definition) is 2. The second-order valence-corrected chi connectivity index (χ2v) is 8.57. The first-order valence-electron chi connectivity index (χ1n) is 8.53. The first kappa shape index (κ1) is 19.0. The van der Waals surface area contributed by atoms with E-state index in [1.54, 1.807) is 11.3 Å². The predicted octanol–water partition coefficient (Wildman–Crippen LogP) is 5.51. The fourth-order valence-electron chi connectivity index (χ4n) is 2.93. The van der Waals surface area contributed by atoms with Crippen LogP contribution in [-0.2, 0) is 6.54 Å². The van der Waals surface area contributed by atoms with Crippen molar-refractivity contribution in [3.63, 3.8) is 0 Å². The molecule has 0 unspecified atom stereocenters. The molecule has 3 nitrogen and oxygen atoms in total. The lowest BCUT2D eigenvalue weighted by atomic mass is 10.0. The number of aryl methyl sites for hydroxylation is 3. The van der Waals surface area contributed by atoms with Crippen molar-refractivity contribution in [3.8, 4) is 11.3 Å². The van der Waals surface area contributed by atoms with Gasteiger partial charge in [0.15, 0.2) is 4.80 Å². The van der Waals surface area contributed by atoms with Gasteiger partial charge in [-0.1, -0.05) is 24.3 Å². The summed E-state index contributed by atoms with van der Waals surface area (Å²) in [6.07, 6.45) is 0. The Balaban J connectivity index is 2.14. The summed E-state index contributed by atoms with van der Waals surface area (Å²) in [5.74, 6) is -0.190. The number of halogens is 1. The number of thiazole rings is 1. The van der Waals surface area contributed by atoms with E-state index in [4.69, 9.17) is 0 Å². The van der Waals surface area contributed by atoms with Crippen LogP contribution >= 0.6 is 33.9 Å². The molecule has 0 aliphatic heterocycles. The van der Waals surface area contributed by atoms with Crippen LogP contribution in [0.5, 0.6) is 0 Å². The lowest BCUT2D eigenvalue weighted by Crippen LogP contribution is -2.17. The van der Waals surface area contributed by atoms with E-state index >= 15 is 0 Å². The average Bonchev–Trinajstić information content (AvgIpc) is 2.92. The third-order valence-electron chi connectivity index (χ3n) is 4.48. The number of hydrogen-bond donors (Lipinski definition) is 0. The normalized spacial score (nSPS) is 11.8. The summed E-state index contributed by atoms with van der Waals surface area (Å²) in [5, 5.41) is 0. The minimum absolute atomic E-state index is 0.190. The Morgan fingerprint density at radius 2 is 1.85 bits per heavy atom. The lowest BCUT2D eigenvalue weighted by molar-refractivity contribution is 0.0997. The molecular weight excluding hydrogens is 455 g/mol. The molecule has 1 aromatic heterocycles. The summed E-state index contributed by atoms with van der Waals surface area (Å²) < 4.78 is 3.06. The van der Waals surface area contributed by atoms with Gasteiger partial charge >= 0.3 is 0 Å². The van der Waals surface area contributed by atoms with E-state index in [1.165, 1.54) is 21.6 Å². The molecule has 0 atom stereocenters. The maximum atomic E-state index is 12.7. The van der Waals surface area contributed by atoms with Crippen molar-refractivity contribution < 1.29 is 4.79 Å². The lowest BCUT2D eigenvalue weighted by Gasteiger charge is -2.10. The van der Waals surface area contributed by atoms with Crippen LogP contribution in [0.25, 0.3) is 11.3 Å². The van der Waals surface area contributed by atoms with E-state index in [0.717, 1.165) is 20.6 Å². The van der Waals surface area contributed by atoms with Crippen LogP contribution in [0.1, 0.15) is 33.3 Å². The molecule has 0 N–H and O–H groups in total. The molecular formula is C21H21IN2OS. The number of carbonyl (C=O) groups is 1. The summed E-state index contributed by atoms with van der Waals surface area (Å²) >= 11 is 3.75. The summed E-state index contributed by atoms with van der Waals surface area (Å²) in [6, 6.07) is 14.1. The van der Waals surface area contributed by atoms with Crippen LogP contribution in [0.2, 0.25) is 0 Å². The highest BCUT2D eigenvalue weighted by Gasteiger charge is 2.14. The second-order valence-electron chi connectivity index (χ2n) is 6.23. The minimum atomic E-state index is -0.190. The first-order chi connectivity index (χ1) is 12.4. The van der Waals surface area contributed by atoms with Crippen molar-refractivity contribution >= 4 is 39.8 Å². The Hall–Kier alpha value is -1.73. The predicted molar refractivity (Wildman–Crippen MR) is 117 cm³/mol. The fraction of sp³-hybridized carbons (Fsp3) is 0.238. The van der Waals surface area contributed by atoms with E-state index in [9.17, 15) is 4.79 Å². The Labute approximate surface area is 171 Å². The van der Waals surface area contributed by atoms with E-state index in [0.29, 0.717) is 5.56 Å². The Morgan fingerprint density at radius 3 is 2.50 bits per heavy atom. The molecule has 0 fully saturated rings. The molecule has 1 amide bonds. The largest absolute Gasteiger partial charge is 0.316 e. The quantitative estimate of drug-likeness (QED) is 0.460. The van der Waals surface area contributed by atoms with Gasteiger partial charge in [0.1, 0.15) is 0 Å². The van der Waals surface area contributed by atoms with Crippen molar-refractivity contribution in [1.29, 1.82) is 0 Å². The first-order valence-corrected chi connectivity index (χ1v) is 10.4. The van der Waals surface area contributed by atoms with Gasteiger partial charge in [0, 0.05) is 15.0 Å². The minimum Gasteiger partial charge on any atom is -0.316 e. The van der Waals surface area contributed by atoms with Crippen LogP contribution in [-0.4, -0.2) is 10.5 Å². The summed E-state index contributed by atoms with van der Waals surface area (Å²) in [4.78, 5) is 19.0. The highest BCUT2D eigenvalue weighted by atomic mass is 127. The number of nitrogens with zero attached hydrogens (tertiary/aromatic N) is 2. The van der Waals surface area contributed by atoms with Gasteiger partial charge in [-0.3, -0.25) is 4.79 Å². The number of aromatic nitrogens is 1. The van der Waals surface area contributed by atoms with Gasteiger partial charge in [-0.05, 0) is 85.2 Å². The number of benzene rings is 2. The molecule has 26 heavy (non-hydrogen) atoms. The number of carbonyl (C=O) groups excluding carboxylic acids is 1. The molecule has 0 spiro atoms.